The first-order valence-corrected chi connectivity index (χ1v) is 10.7. The van der Waals surface area contributed by atoms with Crippen LogP contribution in [0.2, 0.25) is 0 Å². The summed E-state index contributed by atoms with van der Waals surface area (Å²) >= 11 is 0. The fraction of sp³-hybridized carbons (Fsp3) is 0.938. The molecule has 0 N–H and O–H groups in total. The number of hydrogen-bond donors (Lipinski definition) is 0. The molecule has 37 heteroatoms. The standard InChI is InChI=1S/C16H2F31O6/c1-2(17,18)48-7(28,29)8(30,31)50-11(36,37)12(38,39)52-15(44,45)16(46,47)53-14(42,43)13(40,41)51-10(34,35)9(32,33)49-6(26,27)4(21,22)3(19,20)5(23,24)25/h1H2. The quantitative estimate of drug-likeness (QED) is 0.121. The highest BCUT2D eigenvalue weighted by Gasteiger charge is 2.86. The van der Waals surface area contributed by atoms with E-state index < -0.39 is 91.3 Å². The van der Waals surface area contributed by atoms with Gasteiger partial charge in [-0.1, -0.05) is 0 Å². The minimum atomic E-state index is -8.52. The van der Waals surface area contributed by atoms with Gasteiger partial charge in [0.1, 0.15) is 0 Å². The molecular formula is C16H2F31O6. The SMILES string of the molecule is [CH2]C(F)(F)OC(F)(F)C(F)(F)OC(F)(F)C(F)(F)OC(F)(F)C(F)(F)OC(F)(F)C(F)(F)OC(F)(F)C(F)(F)OC(F)(F)C(F)(F)C(F)(F)C(F)(F)F. The van der Waals surface area contributed by atoms with Crippen LogP contribution in [0.5, 0.6) is 0 Å². The lowest BCUT2D eigenvalue weighted by molar-refractivity contribution is -0.595. The maximum atomic E-state index is 13.4. The summed E-state index contributed by atoms with van der Waals surface area (Å²) in [6.45, 7) is 1.20. The number of ether oxygens (including phenoxy) is 6. The van der Waals surface area contributed by atoms with E-state index in [4.69, 9.17) is 0 Å². The van der Waals surface area contributed by atoms with E-state index >= 15 is 0 Å². The van der Waals surface area contributed by atoms with E-state index in [1.165, 1.54) is 11.7 Å². The summed E-state index contributed by atoms with van der Waals surface area (Å²) in [6, 6.07) is 0. The van der Waals surface area contributed by atoms with Crippen molar-refractivity contribution >= 4 is 0 Å². The summed E-state index contributed by atoms with van der Waals surface area (Å²) in [5.41, 5.74) is 0. The highest BCUT2D eigenvalue weighted by Crippen LogP contribution is 2.57. The first-order chi connectivity index (χ1) is 22.2. The van der Waals surface area contributed by atoms with E-state index in [1.54, 1.807) is 4.74 Å². The lowest BCUT2D eigenvalue weighted by atomic mass is 10.1. The third-order valence-electron chi connectivity index (χ3n) is 4.37. The summed E-state index contributed by atoms with van der Waals surface area (Å²) < 4.78 is 410. The minimum absolute atomic E-state index is 0.923. The van der Waals surface area contributed by atoms with Crippen molar-refractivity contribution < 1.29 is 165 Å². The summed E-state index contributed by atoms with van der Waals surface area (Å²) in [5, 5.41) is 0. The largest absolute Gasteiger partial charge is 0.460 e. The Hall–Kier alpha value is -2.41. The molecule has 0 bridgehead atoms. The normalized spacial score (nSPS) is 16.8. The Kier molecular flexibility index (Phi) is 12.8. The maximum Gasteiger partial charge on any atom is 0.460 e. The molecular weight excluding hydrogens is 877 g/mol. The molecule has 6 nitrogen and oxygen atoms in total. The smallest absolute Gasteiger partial charge is 0.248 e. The van der Waals surface area contributed by atoms with Crippen LogP contribution in [-0.2, 0) is 28.4 Å². The molecule has 0 rings (SSSR count). The van der Waals surface area contributed by atoms with E-state index in [0.717, 1.165) is 18.9 Å². The van der Waals surface area contributed by atoms with E-state index in [9.17, 15) is 136 Å². The predicted octanol–water partition coefficient (Wildman–Crippen LogP) is 9.87. The zero-order valence-electron chi connectivity index (χ0n) is 22.4. The molecule has 0 aromatic rings. The summed E-state index contributed by atoms with van der Waals surface area (Å²) in [4.78, 5) is 0. The van der Waals surface area contributed by atoms with Crippen molar-refractivity contribution in [3.05, 3.63) is 6.92 Å². The van der Waals surface area contributed by atoms with Crippen LogP contribution in [0.15, 0.2) is 0 Å². The second-order valence-electron chi connectivity index (χ2n) is 8.58. The van der Waals surface area contributed by atoms with Crippen molar-refractivity contribution in [3.8, 4) is 0 Å². The lowest BCUT2D eigenvalue weighted by Crippen LogP contribution is -2.65. The fourth-order valence-corrected chi connectivity index (χ4v) is 2.01. The topological polar surface area (TPSA) is 55.4 Å². The number of halogens is 31. The molecule has 0 aromatic carbocycles. The van der Waals surface area contributed by atoms with Gasteiger partial charge in [0, 0.05) is 6.92 Å². The zero-order valence-corrected chi connectivity index (χ0v) is 22.4. The van der Waals surface area contributed by atoms with Gasteiger partial charge >= 0.3 is 91.3 Å². The second-order valence-corrected chi connectivity index (χ2v) is 8.58. The Balaban J connectivity index is 6.44. The van der Waals surface area contributed by atoms with Gasteiger partial charge in [0.25, 0.3) is 0 Å². The van der Waals surface area contributed by atoms with Crippen LogP contribution >= 0.6 is 0 Å². The van der Waals surface area contributed by atoms with Gasteiger partial charge in [0.05, 0.1) is 0 Å². The zero-order chi connectivity index (χ0) is 43.7. The molecule has 0 saturated carbocycles. The third-order valence-corrected chi connectivity index (χ3v) is 4.37. The minimum Gasteiger partial charge on any atom is -0.248 e. The number of alkyl halides is 31. The van der Waals surface area contributed by atoms with Crippen molar-refractivity contribution in [3.63, 3.8) is 0 Å². The van der Waals surface area contributed by atoms with Crippen molar-refractivity contribution in [1.82, 2.24) is 0 Å². The number of hydrogen-bond acceptors (Lipinski definition) is 6. The molecule has 0 amide bonds. The van der Waals surface area contributed by atoms with Crippen LogP contribution in [0.3, 0.4) is 0 Å². The lowest BCUT2D eigenvalue weighted by Gasteiger charge is -2.38. The Morgan fingerprint density at radius 2 is 0.358 bits per heavy atom. The van der Waals surface area contributed by atoms with Crippen LogP contribution in [0, 0.1) is 6.92 Å². The van der Waals surface area contributed by atoms with Crippen molar-refractivity contribution in [2.45, 2.75) is 91.3 Å². The highest BCUT2D eigenvalue weighted by molar-refractivity contribution is 4.97. The molecule has 0 unspecified atom stereocenters. The molecule has 53 heavy (non-hydrogen) atoms. The summed E-state index contributed by atoms with van der Waals surface area (Å²) in [6.07, 6.45) is -104. The van der Waals surface area contributed by atoms with E-state index in [2.05, 4.69) is 0 Å². The van der Waals surface area contributed by atoms with Gasteiger partial charge in [-0.15, -0.1) is 0 Å². The molecule has 0 spiro atoms. The van der Waals surface area contributed by atoms with Gasteiger partial charge in [-0.2, -0.15) is 136 Å². The van der Waals surface area contributed by atoms with Crippen LogP contribution < -0.4 is 0 Å². The Morgan fingerprint density at radius 1 is 0.208 bits per heavy atom. The van der Waals surface area contributed by atoms with Gasteiger partial charge in [-0.25, -0.2) is 28.4 Å². The molecule has 0 saturated heterocycles. The van der Waals surface area contributed by atoms with Crippen LogP contribution in [0.1, 0.15) is 0 Å². The molecule has 0 aliphatic rings. The first kappa shape index (κ1) is 50.6. The second kappa shape index (κ2) is 13.4. The average molecular weight is 879 g/mol. The Bertz CT molecular complexity index is 1260. The molecule has 0 heterocycles. The van der Waals surface area contributed by atoms with Gasteiger partial charge in [0.15, 0.2) is 0 Å². The first-order valence-electron chi connectivity index (χ1n) is 10.7. The van der Waals surface area contributed by atoms with Gasteiger partial charge < -0.3 is 0 Å². The summed E-state index contributed by atoms with van der Waals surface area (Å²) in [7, 11) is 0. The Labute approximate surface area is 264 Å². The monoisotopic (exact) mass is 879 g/mol. The van der Waals surface area contributed by atoms with Gasteiger partial charge in [0.2, 0.25) is 0 Å². The molecule has 0 atom stereocenters. The van der Waals surface area contributed by atoms with E-state index in [0.29, 0.717) is 0 Å². The van der Waals surface area contributed by atoms with E-state index in [-0.39, 0.29) is 0 Å². The van der Waals surface area contributed by atoms with Crippen molar-refractivity contribution in [2.75, 3.05) is 0 Å². The fourth-order valence-electron chi connectivity index (χ4n) is 2.01. The third kappa shape index (κ3) is 10.1. The van der Waals surface area contributed by atoms with Crippen LogP contribution in [0.25, 0.3) is 0 Å². The Morgan fingerprint density at radius 3 is 0.509 bits per heavy atom. The average Bonchev–Trinajstić information content (AvgIpc) is 2.77. The molecule has 0 fully saturated rings. The molecule has 1 radical (unpaired) electrons. The molecule has 0 aromatic heterocycles. The molecule has 0 aliphatic heterocycles. The van der Waals surface area contributed by atoms with Crippen LogP contribution in [-0.4, -0.2) is 91.3 Å². The van der Waals surface area contributed by atoms with Crippen molar-refractivity contribution in [1.29, 1.82) is 0 Å². The maximum absolute atomic E-state index is 13.4. The van der Waals surface area contributed by atoms with Gasteiger partial charge in [-0.05, 0) is 0 Å². The summed E-state index contributed by atoms with van der Waals surface area (Å²) in [5.74, 6) is -16.8. The number of rotatable bonds is 19. The predicted molar refractivity (Wildman–Crippen MR) is 87.2 cm³/mol. The van der Waals surface area contributed by atoms with Crippen LogP contribution in [0.4, 0.5) is 136 Å². The molecule has 319 valence electrons. The van der Waals surface area contributed by atoms with E-state index in [1.807, 2.05) is 0 Å². The highest BCUT2D eigenvalue weighted by atomic mass is 19.4. The van der Waals surface area contributed by atoms with Gasteiger partial charge in [-0.3, -0.25) is 0 Å². The van der Waals surface area contributed by atoms with Crippen molar-refractivity contribution in [2.24, 2.45) is 0 Å². The molecule has 0 aliphatic carbocycles.